The molecule has 0 aromatic heterocycles. The van der Waals surface area contributed by atoms with E-state index in [1.54, 1.807) is 6.92 Å². The SMILES string of the molecule is CC(=O)CCC1CC=C(C)C1(C)C. The van der Waals surface area contributed by atoms with Crippen molar-refractivity contribution in [2.75, 3.05) is 0 Å². The molecule has 0 N–H and O–H groups in total. The lowest BCUT2D eigenvalue weighted by atomic mass is 9.75. The van der Waals surface area contributed by atoms with Crippen molar-refractivity contribution in [1.82, 2.24) is 0 Å². The van der Waals surface area contributed by atoms with E-state index in [0.29, 0.717) is 17.1 Å². The number of hydrogen-bond donors (Lipinski definition) is 0. The predicted octanol–water partition coefficient (Wildman–Crippen LogP) is 3.35. The number of ketones is 1. The first-order valence-electron chi connectivity index (χ1n) is 5.11. The Hall–Kier alpha value is -0.590. The average molecular weight is 180 g/mol. The quantitative estimate of drug-likeness (QED) is 0.609. The number of allylic oxidation sites excluding steroid dienone is 2. The maximum atomic E-state index is 10.9. The zero-order chi connectivity index (χ0) is 10.1. The van der Waals surface area contributed by atoms with Gasteiger partial charge in [0.05, 0.1) is 0 Å². The van der Waals surface area contributed by atoms with Gasteiger partial charge in [-0.2, -0.15) is 0 Å². The van der Waals surface area contributed by atoms with Gasteiger partial charge in [-0.1, -0.05) is 25.5 Å². The Morgan fingerprint density at radius 1 is 1.62 bits per heavy atom. The lowest BCUT2D eigenvalue weighted by Gasteiger charge is -2.29. The van der Waals surface area contributed by atoms with E-state index >= 15 is 0 Å². The highest BCUT2D eigenvalue weighted by atomic mass is 16.1. The molecule has 0 aromatic rings. The van der Waals surface area contributed by atoms with Crippen LogP contribution < -0.4 is 0 Å². The van der Waals surface area contributed by atoms with Gasteiger partial charge < -0.3 is 4.79 Å². The molecular formula is C12H20O. The highest BCUT2D eigenvalue weighted by molar-refractivity contribution is 5.75. The standard InChI is InChI=1S/C12H20O/c1-9-5-7-11(12(9,3)4)8-6-10(2)13/h5,11H,6-8H2,1-4H3. The van der Waals surface area contributed by atoms with Gasteiger partial charge in [-0.3, -0.25) is 0 Å². The number of carbonyl (C=O) groups excluding carboxylic acids is 1. The minimum absolute atomic E-state index is 0.315. The van der Waals surface area contributed by atoms with Gasteiger partial charge in [-0.15, -0.1) is 0 Å². The van der Waals surface area contributed by atoms with Crippen LogP contribution in [0.3, 0.4) is 0 Å². The van der Waals surface area contributed by atoms with E-state index in [2.05, 4.69) is 26.8 Å². The van der Waals surface area contributed by atoms with Gasteiger partial charge in [-0.05, 0) is 38.0 Å². The van der Waals surface area contributed by atoms with Crippen LogP contribution in [0.1, 0.15) is 47.0 Å². The lowest BCUT2D eigenvalue weighted by molar-refractivity contribution is -0.117. The van der Waals surface area contributed by atoms with Crippen LogP contribution in [0.15, 0.2) is 11.6 Å². The van der Waals surface area contributed by atoms with Gasteiger partial charge in [-0.25, -0.2) is 0 Å². The first-order chi connectivity index (χ1) is 5.94. The van der Waals surface area contributed by atoms with Crippen LogP contribution in [0, 0.1) is 11.3 Å². The molecule has 1 aliphatic carbocycles. The van der Waals surface area contributed by atoms with Crippen molar-refractivity contribution < 1.29 is 4.79 Å². The van der Waals surface area contributed by atoms with Gasteiger partial charge in [0.2, 0.25) is 0 Å². The average Bonchev–Trinajstić information content (AvgIpc) is 2.25. The van der Waals surface area contributed by atoms with E-state index in [1.165, 1.54) is 5.57 Å². The minimum Gasteiger partial charge on any atom is -0.300 e. The molecule has 1 nitrogen and oxygen atoms in total. The number of carbonyl (C=O) groups is 1. The molecule has 0 aliphatic heterocycles. The summed E-state index contributed by atoms with van der Waals surface area (Å²) >= 11 is 0. The normalized spacial score (nSPS) is 25.8. The molecule has 1 atom stereocenters. The first-order valence-corrected chi connectivity index (χ1v) is 5.11. The summed E-state index contributed by atoms with van der Waals surface area (Å²) in [5, 5.41) is 0. The van der Waals surface area contributed by atoms with Gasteiger partial charge in [0.15, 0.2) is 0 Å². The van der Waals surface area contributed by atoms with Gasteiger partial charge >= 0.3 is 0 Å². The van der Waals surface area contributed by atoms with Gasteiger partial charge in [0.25, 0.3) is 0 Å². The summed E-state index contributed by atoms with van der Waals surface area (Å²) in [6.45, 7) is 8.46. The third-order valence-electron chi connectivity index (χ3n) is 3.59. The molecule has 1 aliphatic rings. The van der Waals surface area contributed by atoms with Crippen molar-refractivity contribution in [3.8, 4) is 0 Å². The molecule has 0 fully saturated rings. The van der Waals surface area contributed by atoms with E-state index in [0.717, 1.165) is 19.3 Å². The van der Waals surface area contributed by atoms with Crippen molar-refractivity contribution in [2.45, 2.75) is 47.0 Å². The predicted molar refractivity (Wildman–Crippen MR) is 55.6 cm³/mol. The van der Waals surface area contributed by atoms with E-state index in [9.17, 15) is 4.79 Å². The van der Waals surface area contributed by atoms with Crippen LogP contribution in [0.2, 0.25) is 0 Å². The molecule has 1 heteroatoms. The smallest absolute Gasteiger partial charge is 0.129 e. The van der Waals surface area contributed by atoms with Crippen molar-refractivity contribution in [3.63, 3.8) is 0 Å². The van der Waals surface area contributed by atoms with E-state index < -0.39 is 0 Å². The zero-order valence-corrected chi connectivity index (χ0v) is 9.18. The van der Waals surface area contributed by atoms with E-state index in [1.807, 2.05) is 0 Å². The molecule has 0 heterocycles. The minimum atomic E-state index is 0.315. The topological polar surface area (TPSA) is 17.1 Å². The second-order valence-corrected chi connectivity index (χ2v) is 4.78. The molecular weight excluding hydrogens is 160 g/mol. The van der Waals surface area contributed by atoms with Crippen molar-refractivity contribution in [3.05, 3.63) is 11.6 Å². The summed E-state index contributed by atoms with van der Waals surface area (Å²) in [7, 11) is 0. The molecule has 0 amide bonds. The summed E-state index contributed by atoms with van der Waals surface area (Å²) in [5.74, 6) is 0.997. The zero-order valence-electron chi connectivity index (χ0n) is 9.18. The van der Waals surface area contributed by atoms with E-state index in [-0.39, 0.29) is 0 Å². The van der Waals surface area contributed by atoms with Crippen LogP contribution in [-0.2, 0) is 4.79 Å². The summed E-state index contributed by atoms with van der Waals surface area (Å²) in [5.41, 5.74) is 1.80. The van der Waals surface area contributed by atoms with Crippen LogP contribution >= 0.6 is 0 Å². The van der Waals surface area contributed by atoms with E-state index in [4.69, 9.17) is 0 Å². The Balaban J connectivity index is 2.51. The van der Waals surface area contributed by atoms with Crippen molar-refractivity contribution in [2.24, 2.45) is 11.3 Å². The van der Waals surface area contributed by atoms with Crippen LogP contribution in [0.25, 0.3) is 0 Å². The van der Waals surface area contributed by atoms with Crippen LogP contribution in [-0.4, -0.2) is 5.78 Å². The van der Waals surface area contributed by atoms with Crippen LogP contribution in [0.5, 0.6) is 0 Å². The third-order valence-corrected chi connectivity index (χ3v) is 3.59. The second-order valence-electron chi connectivity index (χ2n) is 4.78. The molecule has 0 spiro atoms. The first kappa shape index (κ1) is 10.5. The Labute approximate surface area is 81.2 Å². The number of rotatable bonds is 3. The summed E-state index contributed by atoms with van der Waals surface area (Å²) in [4.78, 5) is 10.9. The fraction of sp³-hybridized carbons (Fsp3) is 0.750. The number of hydrogen-bond acceptors (Lipinski definition) is 1. The Kier molecular flexibility index (Phi) is 2.94. The highest BCUT2D eigenvalue weighted by Crippen LogP contribution is 2.44. The molecule has 1 unspecified atom stereocenters. The fourth-order valence-electron chi connectivity index (χ4n) is 2.05. The van der Waals surface area contributed by atoms with Gasteiger partial charge in [0.1, 0.15) is 5.78 Å². The largest absolute Gasteiger partial charge is 0.300 e. The molecule has 0 saturated carbocycles. The molecule has 0 aromatic carbocycles. The number of Topliss-reactive ketones (excluding diaryl/α,β-unsaturated/α-hetero) is 1. The Morgan fingerprint density at radius 3 is 2.62 bits per heavy atom. The fourth-order valence-corrected chi connectivity index (χ4v) is 2.05. The van der Waals surface area contributed by atoms with Crippen LogP contribution in [0.4, 0.5) is 0 Å². The van der Waals surface area contributed by atoms with Crippen molar-refractivity contribution >= 4 is 5.78 Å². The Bertz CT molecular complexity index is 236. The lowest BCUT2D eigenvalue weighted by Crippen LogP contribution is -2.20. The highest BCUT2D eigenvalue weighted by Gasteiger charge is 2.34. The Morgan fingerprint density at radius 2 is 2.23 bits per heavy atom. The molecule has 74 valence electrons. The molecule has 1 rings (SSSR count). The summed E-state index contributed by atoms with van der Waals surface area (Å²) in [6.07, 6.45) is 5.28. The summed E-state index contributed by atoms with van der Waals surface area (Å²) < 4.78 is 0. The van der Waals surface area contributed by atoms with Gasteiger partial charge in [0, 0.05) is 6.42 Å². The second kappa shape index (κ2) is 3.65. The molecule has 0 radical (unpaired) electrons. The molecule has 0 bridgehead atoms. The van der Waals surface area contributed by atoms with Crippen molar-refractivity contribution in [1.29, 1.82) is 0 Å². The molecule has 0 saturated heterocycles. The summed E-state index contributed by atoms with van der Waals surface area (Å²) in [6, 6.07) is 0. The molecule has 13 heavy (non-hydrogen) atoms. The maximum absolute atomic E-state index is 10.9. The monoisotopic (exact) mass is 180 g/mol. The third kappa shape index (κ3) is 2.20. The maximum Gasteiger partial charge on any atom is 0.129 e.